The Morgan fingerprint density at radius 1 is 1.43 bits per heavy atom. The van der Waals surface area contributed by atoms with Gasteiger partial charge >= 0.3 is 0 Å². The fourth-order valence-corrected chi connectivity index (χ4v) is 2.61. The Morgan fingerprint density at radius 3 is 3.00 bits per heavy atom. The highest BCUT2D eigenvalue weighted by molar-refractivity contribution is 8.01. The molecular weight excluding hydrogens is 214 g/mol. The molecule has 0 saturated heterocycles. The van der Waals surface area contributed by atoms with Crippen LogP contribution in [0.15, 0.2) is 32.9 Å². The second-order valence-corrected chi connectivity index (χ2v) is 4.90. The van der Waals surface area contributed by atoms with E-state index in [4.69, 9.17) is 5.73 Å². The van der Waals surface area contributed by atoms with Gasteiger partial charge in [-0.15, -0.1) is 10.2 Å². The van der Waals surface area contributed by atoms with Gasteiger partial charge in [0.15, 0.2) is 4.34 Å². The molecule has 0 fully saturated rings. The van der Waals surface area contributed by atoms with Gasteiger partial charge in [0.1, 0.15) is 5.51 Å². The minimum absolute atomic E-state index is 0.819. The monoisotopic (exact) mass is 223 g/mol. The highest BCUT2D eigenvalue weighted by Gasteiger charge is 2.05. The Bertz CT molecular complexity index is 426. The molecule has 0 aliphatic heterocycles. The lowest BCUT2D eigenvalue weighted by Gasteiger charge is -2.04. The molecule has 3 nitrogen and oxygen atoms in total. The molecule has 0 aliphatic carbocycles. The van der Waals surface area contributed by atoms with Crippen LogP contribution in [-0.2, 0) is 0 Å². The van der Waals surface area contributed by atoms with E-state index in [-0.39, 0.29) is 0 Å². The Morgan fingerprint density at radius 2 is 2.29 bits per heavy atom. The molecule has 0 unspecified atom stereocenters. The third kappa shape index (κ3) is 1.88. The summed E-state index contributed by atoms with van der Waals surface area (Å²) in [6, 6.07) is 5.89. The highest BCUT2D eigenvalue weighted by Crippen LogP contribution is 2.32. The van der Waals surface area contributed by atoms with Crippen LogP contribution in [0.25, 0.3) is 0 Å². The molecule has 0 bridgehead atoms. The van der Waals surface area contributed by atoms with Gasteiger partial charge in [-0.25, -0.2) is 0 Å². The summed E-state index contributed by atoms with van der Waals surface area (Å²) in [5.41, 5.74) is 9.45. The maximum absolute atomic E-state index is 5.80. The first-order valence-electron chi connectivity index (χ1n) is 4.06. The van der Waals surface area contributed by atoms with Gasteiger partial charge in [-0.2, -0.15) is 0 Å². The molecule has 14 heavy (non-hydrogen) atoms. The van der Waals surface area contributed by atoms with Crippen LogP contribution >= 0.6 is 23.1 Å². The Hall–Kier alpha value is -1.07. The van der Waals surface area contributed by atoms with Crippen molar-refractivity contribution < 1.29 is 0 Å². The van der Waals surface area contributed by atoms with Gasteiger partial charge in [0, 0.05) is 10.6 Å². The van der Waals surface area contributed by atoms with Crippen molar-refractivity contribution >= 4 is 28.8 Å². The second-order valence-electron chi connectivity index (χ2n) is 2.78. The molecule has 1 aromatic carbocycles. The topological polar surface area (TPSA) is 51.8 Å². The summed E-state index contributed by atoms with van der Waals surface area (Å²) in [5, 5.41) is 7.76. The van der Waals surface area contributed by atoms with Gasteiger partial charge < -0.3 is 5.73 Å². The lowest BCUT2D eigenvalue weighted by molar-refractivity contribution is 1.01. The summed E-state index contributed by atoms with van der Waals surface area (Å²) >= 11 is 3.13. The molecule has 0 radical (unpaired) electrons. The van der Waals surface area contributed by atoms with Crippen molar-refractivity contribution in [1.29, 1.82) is 0 Å². The van der Waals surface area contributed by atoms with Crippen LogP contribution in [0.5, 0.6) is 0 Å². The molecule has 5 heteroatoms. The Balaban J connectivity index is 2.29. The van der Waals surface area contributed by atoms with Crippen molar-refractivity contribution in [2.75, 3.05) is 5.73 Å². The summed E-state index contributed by atoms with van der Waals surface area (Å²) in [4.78, 5) is 1.14. The third-order valence-electron chi connectivity index (χ3n) is 1.86. The molecule has 72 valence electrons. The Labute approximate surface area is 90.4 Å². The predicted octanol–water partition coefficient (Wildman–Crippen LogP) is 2.58. The number of nitrogens with zero attached hydrogens (tertiary/aromatic N) is 2. The molecule has 2 aromatic rings. The molecule has 0 atom stereocenters. The molecule has 1 aromatic heterocycles. The molecule has 2 rings (SSSR count). The zero-order valence-corrected chi connectivity index (χ0v) is 9.23. The molecule has 1 heterocycles. The van der Waals surface area contributed by atoms with Crippen molar-refractivity contribution in [3.8, 4) is 0 Å². The van der Waals surface area contributed by atoms with E-state index >= 15 is 0 Å². The summed E-state index contributed by atoms with van der Waals surface area (Å²) in [5.74, 6) is 0. The van der Waals surface area contributed by atoms with Crippen molar-refractivity contribution in [2.45, 2.75) is 16.2 Å². The summed E-state index contributed by atoms with van der Waals surface area (Å²) in [6.45, 7) is 2.01. The van der Waals surface area contributed by atoms with Gasteiger partial charge in [0.25, 0.3) is 0 Å². The number of benzene rings is 1. The van der Waals surface area contributed by atoms with E-state index in [2.05, 4.69) is 10.2 Å². The number of nitrogen functional groups attached to an aromatic ring is 1. The van der Waals surface area contributed by atoms with Crippen LogP contribution in [0.4, 0.5) is 5.69 Å². The number of anilines is 1. The molecule has 0 aliphatic rings. The van der Waals surface area contributed by atoms with Crippen molar-refractivity contribution in [3.05, 3.63) is 29.3 Å². The first-order valence-corrected chi connectivity index (χ1v) is 5.76. The van der Waals surface area contributed by atoms with Gasteiger partial charge in [-0.05, 0) is 24.6 Å². The molecule has 0 spiro atoms. The van der Waals surface area contributed by atoms with Crippen LogP contribution < -0.4 is 5.73 Å². The lowest BCUT2D eigenvalue weighted by atomic mass is 10.2. The van der Waals surface area contributed by atoms with Gasteiger partial charge in [-0.1, -0.05) is 29.2 Å². The minimum Gasteiger partial charge on any atom is -0.398 e. The number of aromatic nitrogens is 2. The molecular formula is C9H9N3S2. The van der Waals surface area contributed by atoms with Crippen LogP contribution in [-0.4, -0.2) is 10.2 Å². The van der Waals surface area contributed by atoms with E-state index in [1.807, 2.05) is 25.1 Å². The lowest BCUT2D eigenvalue weighted by Crippen LogP contribution is -1.90. The smallest absolute Gasteiger partial charge is 0.178 e. The molecule has 0 amide bonds. The van der Waals surface area contributed by atoms with Crippen LogP contribution in [0.3, 0.4) is 0 Å². The van der Waals surface area contributed by atoms with Gasteiger partial charge in [-0.3, -0.25) is 0 Å². The quantitative estimate of drug-likeness (QED) is 0.795. The highest BCUT2D eigenvalue weighted by atomic mass is 32.2. The summed E-state index contributed by atoms with van der Waals surface area (Å²) in [6.07, 6.45) is 0. The van der Waals surface area contributed by atoms with Gasteiger partial charge in [0.05, 0.1) is 0 Å². The molecule has 2 N–H and O–H groups in total. The number of hydrogen-bond acceptors (Lipinski definition) is 5. The average molecular weight is 223 g/mol. The van der Waals surface area contributed by atoms with E-state index in [0.29, 0.717) is 0 Å². The fourth-order valence-electron chi connectivity index (χ4n) is 1.04. The largest absolute Gasteiger partial charge is 0.398 e. The van der Waals surface area contributed by atoms with Crippen LogP contribution in [0.1, 0.15) is 5.56 Å². The fraction of sp³-hybridized carbons (Fsp3) is 0.111. The van der Waals surface area contributed by atoms with Crippen LogP contribution in [0, 0.1) is 6.92 Å². The predicted molar refractivity (Wildman–Crippen MR) is 59.6 cm³/mol. The first-order chi connectivity index (χ1) is 6.77. The van der Waals surface area contributed by atoms with E-state index in [1.54, 1.807) is 17.3 Å². The average Bonchev–Trinajstić information content (AvgIpc) is 2.66. The SMILES string of the molecule is Cc1c(N)cccc1Sc1nncs1. The standard InChI is InChI=1S/C9H9N3S2/c1-6-7(10)3-2-4-8(6)14-9-12-11-5-13-9/h2-5H,10H2,1H3. The van der Waals surface area contributed by atoms with Crippen molar-refractivity contribution in [3.63, 3.8) is 0 Å². The first kappa shape index (κ1) is 9.48. The molecule has 0 saturated carbocycles. The number of rotatable bonds is 2. The second kappa shape index (κ2) is 3.98. The minimum atomic E-state index is 0.819. The maximum Gasteiger partial charge on any atom is 0.178 e. The third-order valence-corrected chi connectivity index (χ3v) is 3.80. The van der Waals surface area contributed by atoms with Crippen molar-refractivity contribution in [2.24, 2.45) is 0 Å². The van der Waals surface area contributed by atoms with E-state index in [1.165, 1.54) is 11.3 Å². The van der Waals surface area contributed by atoms with Crippen molar-refractivity contribution in [1.82, 2.24) is 10.2 Å². The van der Waals surface area contributed by atoms with E-state index in [9.17, 15) is 0 Å². The normalized spacial score (nSPS) is 10.4. The van der Waals surface area contributed by atoms with Gasteiger partial charge in [0.2, 0.25) is 0 Å². The zero-order valence-electron chi connectivity index (χ0n) is 7.60. The number of nitrogens with two attached hydrogens (primary N) is 1. The maximum atomic E-state index is 5.80. The number of hydrogen-bond donors (Lipinski definition) is 1. The van der Waals surface area contributed by atoms with Crippen LogP contribution in [0.2, 0.25) is 0 Å². The zero-order chi connectivity index (χ0) is 9.97. The summed E-state index contributed by atoms with van der Waals surface area (Å²) < 4.78 is 0.943. The Kier molecular flexibility index (Phi) is 2.69. The summed E-state index contributed by atoms with van der Waals surface area (Å²) in [7, 11) is 0. The van der Waals surface area contributed by atoms with E-state index in [0.717, 1.165) is 20.5 Å². The van der Waals surface area contributed by atoms with E-state index < -0.39 is 0 Å².